The molecular formula is C19H10ClF2N3OS. The Bertz CT molecular complexity index is 1070. The minimum absolute atomic E-state index is 0.220. The van der Waals surface area contributed by atoms with E-state index in [0.29, 0.717) is 21.8 Å². The van der Waals surface area contributed by atoms with Crippen LogP contribution in [0.15, 0.2) is 53.4 Å². The van der Waals surface area contributed by atoms with Gasteiger partial charge in [-0.25, -0.2) is 13.8 Å². The van der Waals surface area contributed by atoms with Gasteiger partial charge < -0.3 is 5.32 Å². The second-order valence-electron chi connectivity index (χ2n) is 5.33. The molecule has 27 heavy (non-hydrogen) atoms. The fourth-order valence-corrected chi connectivity index (χ4v) is 3.06. The van der Waals surface area contributed by atoms with Crippen LogP contribution in [0.1, 0.15) is 5.69 Å². The number of nitrogens with one attached hydrogen (secondary N) is 1. The quantitative estimate of drug-likeness (QED) is 0.477. The molecule has 3 aromatic rings. The van der Waals surface area contributed by atoms with Crippen molar-refractivity contribution >= 4 is 40.6 Å². The summed E-state index contributed by atoms with van der Waals surface area (Å²) in [5, 5.41) is 14.5. The van der Waals surface area contributed by atoms with Crippen LogP contribution in [0.25, 0.3) is 16.6 Å². The maximum atomic E-state index is 13.6. The Hall–Kier alpha value is -3.08. The Labute approximate surface area is 162 Å². The Morgan fingerprint density at radius 2 is 1.96 bits per heavy atom. The smallest absolute Gasteiger partial charge is 0.266 e. The van der Waals surface area contributed by atoms with Crippen LogP contribution in [0.2, 0.25) is 5.02 Å². The first kappa shape index (κ1) is 18.7. The van der Waals surface area contributed by atoms with Crippen LogP contribution >= 0.6 is 22.9 Å². The van der Waals surface area contributed by atoms with E-state index in [2.05, 4.69) is 10.3 Å². The monoisotopic (exact) mass is 401 g/mol. The number of carbonyl (C=O) groups is 1. The molecule has 4 nitrogen and oxygen atoms in total. The highest BCUT2D eigenvalue weighted by atomic mass is 35.5. The SMILES string of the molecule is N#C/C(=C\c1csc(-c2ccc(Cl)cc2)n1)C(=O)Nc1ccc(F)cc1F. The van der Waals surface area contributed by atoms with Gasteiger partial charge in [0, 0.05) is 22.0 Å². The second kappa shape index (κ2) is 8.08. The average Bonchev–Trinajstić information content (AvgIpc) is 3.11. The molecule has 1 amide bonds. The largest absolute Gasteiger partial charge is 0.319 e. The summed E-state index contributed by atoms with van der Waals surface area (Å²) < 4.78 is 26.6. The van der Waals surface area contributed by atoms with Gasteiger partial charge in [0.25, 0.3) is 5.91 Å². The molecule has 0 spiro atoms. The van der Waals surface area contributed by atoms with E-state index in [4.69, 9.17) is 11.6 Å². The Morgan fingerprint density at radius 1 is 1.22 bits per heavy atom. The van der Waals surface area contributed by atoms with Gasteiger partial charge in [0.1, 0.15) is 28.3 Å². The maximum absolute atomic E-state index is 13.6. The topological polar surface area (TPSA) is 65.8 Å². The molecule has 1 heterocycles. The normalized spacial score (nSPS) is 11.1. The molecule has 1 aromatic heterocycles. The highest BCUT2D eigenvalue weighted by Crippen LogP contribution is 2.26. The van der Waals surface area contributed by atoms with Crippen LogP contribution < -0.4 is 5.32 Å². The first-order valence-corrected chi connectivity index (χ1v) is 8.81. The predicted molar refractivity (Wildman–Crippen MR) is 101 cm³/mol. The van der Waals surface area contributed by atoms with Crippen LogP contribution in [0.3, 0.4) is 0 Å². The zero-order valence-electron chi connectivity index (χ0n) is 13.5. The zero-order valence-corrected chi connectivity index (χ0v) is 15.1. The third-order valence-electron chi connectivity index (χ3n) is 3.45. The summed E-state index contributed by atoms with van der Waals surface area (Å²) in [6, 6.07) is 11.6. The van der Waals surface area contributed by atoms with Gasteiger partial charge in [-0.05, 0) is 30.3 Å². The number of anilines is 1. The molecular weight excluding hydrogens is 392 g/mol. The van der Waals surface area contributed by atoms with E-state index in [0.717, 1.165) is 17.7 Å². The number of hydrogen-bond donors (Lipinski definition) is 1. The van der Waals surface area contributed by atoms with Gasteiger partial charge in [-0.15, -0.1) is 11.3 Å². The first-order chi connectivity index (χ1) is 13.0. The van der Waals surface area contributed by atoms with Gasteiger partial charge in [-0.1, -0.05) is 23.7 Å². The standard InChI is InChI=1S/C19H10ClF2N3OS/c20-13-3-1-11(2-4-13)19-24-15(10-27-19)7-12(9-23)18(26)25-17-6-5-14(21)8-16(17)22/h1-8,10H,(H,25,26)/b12-7+. The summed E-state index contributed by atoms with van der Waals surface area (Å²) in [5.74, 6) is -2.51. The first-order valence-electron chi connectivity index (χ1n) is 7.56. The van der Waals surface area contributed by atoms with Crippen LogP contribution in [-0.2, 0) is 4.79 Å². The number of halogens is 3. The number of benzene rings is 2. The number of aromatic nitrogens is 1. The number of amides is 1. The number of rotatable bonds is 4. The number of hydrogen-bond acceptors (Lipinski definition) is 4. The van der Waals surface area contributed by atoms with Gasteiger partial charge in [0.15, 0.2) is 0 Å². The molecule has 0 aliphatic carbocycles. The van der Waals surface area contributed by atoms with Gasteiger partial charge in [0.2, 0.25) is 0 Å². The van der Waals surface area contributed by atoms with E-state index in [-0.39, 0.29) is 11.3 Å². The Kier molecular flexibility index (Phi) is 5.60. The van der Waals surface area contributed by atoms with Crippen LogP contribution in [0.4, 0.5) is 14.5 Å². The summed E-state index contributed by atoms with van der Waals surface area (Å²) in [4.78, 5) is 16.6. The Morgan fingerprint density at radius 3 is 2.63 bits per heavy atom. The van der Waals surface area contributed by atoms with E-state index in [1.165, 1.54) is 17.4 Å². The molecule has 0 aliphatic heterocycles. The van der Waals surface area contributed by atoms with E-state index >= 15 is 0 Å². The fraction of sp³-hybridized carbons (Fsp3) is 0. The third-order valence-corrected chi connectivity index (χ3v) is 4.61. The second-order valence-corrected chi connectivity index (χ2v) is 6.63. The van der Waals surface area contributed by atoms with E-state index in [1.807, 2.05) is 12.1 Å². The molecule has 2 aromatic carbocycles. The molecule has 0 unspecified atom stereocenters. The highest BCUT2D eigenvalue weighted by Gasteiger charge is 2.14. The average molecular weight is 402 g/mol. The van der Waals surface area contributed by atoms with Crippen LogP contribution in [-0.4, -0.2) is 10.9 Å². The number of carbonyl (C=O) groups excluding carboxylic acids is 1. The minimum atomic E-state index is -0.931. The molecule has 8 heteroatoms. The molecule has 0 aliphatic rings. The van der Waals surface area contributed by atoms with E-state index < -0.39 is 17.5 Å². The summed E-state index contributed by atoms with van der Waals surface area (Å²) in [6.45, 7) is 0. The number of thiazole rings is 1. The van der Waals surface area contributed by atoms with Crippen LogP contribution in [0, 0.1) is 23.0 Å². The van der Waals surface area contributed by atoms with Gasteiger partial charge in [-0.3, -0.25) is 4.79 Å². The lowest BCUT2D eigenvalue weighted by Crippen LogP contribution is -2.14. The lowest BCUT2D eigenvalue weighted by atomic mass is 10.2. The van der Waals surface area contributed by atoms with E-state index in [1.54, 1.807) is 23.6 Å². The van der Waals surface area contributed by atoms with Crippen molar-refractivity contribution in [1.82, 2.24) is 4.98 Å². The molecule has 0 saturated heterocycles. The lowest BCUT2D eigenvalue weighted by Gasteiger charge is -2.05. The third kappa shape index (κ3) is 4.56. The van der Waals surface area contributed by atoms with Crippen molar-refractivity contribution < 1.29 is 13.6 Å². The minimum Gasteiger partial charge on any atom is -0.319 e. The molecule has 0 atom stereocenters. The maximum Gasteiger partial charge on any atom is 0.266 e. The highest BCUT2D eigenvalue weighted by molar-refractivity contribution is 7.13. The lowest BCUT2D eigenvalue weighted by molar-refractivity contribution is -0.112. The van der Waals surface area contributed by atoms with Gasteiger partial charge in [0.05, 0.1) is 11.4 Å². The summed E-state index contributed by atoms with van der Waals surface area (Å²) in [6.07, 6.45) is 1.30. The van der Waals surface area contributed by atoms with Crippen molar-refractivity contribution in [2.24, 2.45) is 0 Å². The molecule has 0 saturated carbocycles. The summed E-state index contributed by atoms with van der Waals surface area (Å²) >= 11 is 7.20. The predicted octanol–water partition coefficient (Wildman–Crippen LogP) is 5.29. The summed E-state index contributed by atoms with van der Waals surface area (Å²) in [7, 11) is 0. The van der Waals surface area contributed by atoms with Crippen LogP contribution in [0.5, 0.6) is 0 Å². The molecule has 0 bridgehead atoms. The van der Waals surface area contributed by atoms with Crippen molar-refractivity contribution in [2.45, 2.75) is 0 Å². The molecule has 1 N–H and O–H groups in total. The molecule has 0 radical (unpaired) electrons. The van der Waals surface area contributed by atoms with Crippen molar-refractivity contribution in [3.8, 4) is 16.6 Å². The fourth-order valence-electron chi connectivity index (χ4n) is 2.15. The van der Waals surface area contributed by atoms with Crippen molar-refractivity contribution in [2.75, 3.05) is 5.32 Å². The molecule has 3 rings (SSSR count). The van der Waals surface area contributed by atoms with Gasteiger partial charge >= 0.3 is 0 Å². The molecule has 134 valence electrons. The number of nitrogens with zero attached hydrogens (tertiary/aromatic N) is 2. The molecule has 0 fully saturated rings. The summed E-state index contributed by atoms with van der Waals surface area (Å²) in [5.41, 5.74) is 0.783. The van der Waals surface area contributed by atoms with Crippen molar-refractivity contribution in [3.05, 3.63) is 75.8 Å². The van der Waals surface area contributed by atoms with Crippen molar-refractivity contribution in [1.29, 1.82) is 5.26 Å². The zero-order chi connectivity index (χ0) is 19.4. The van der Waals surface area contributed by atoms with Crippen molar-refractivity contribution in [3.63, 3.8) is 0 Å². The van der Waals surface area contributed by atoms with Gasteiger partial charge in [-0.2, -0.15) is 5.26 Å². The van der Waals surface area contributed by atoms with E-state index in [9.17, 15) is 18.8 Å². The Balaban J connectivity index is 1.81. The number of nitriles is 1.